The number of nitro benzene ring substituents is 1. The summed E-state index contributed by atoms with van der Waals surface area (Å²) in [5.41, 5.74) is 3.80. The van der Waals surface area contributed by atoms with E-state index in [0.717, 1.165) is 11.1 Å². The maximum Gasteiger partial charge on any atom is 0.270 e. The standard InChI is InChI=1S/C21H15N3O4/c1-13-5-7-14(8-6-13)21-23-18-12-16(9-10-19(18)28-21)22-20(25)15-3-2-4-17(11-15)24(26)27/h2-12H,1H3,(H,22,25). The highest BCUT2D eigenvalue weighted by molar-refractivity contribution is 6.05. The highest BCUT2D eigenvalue weighted by atomic mass is 16.6. The third-order valence-corrected chi connectivity index (χ3v) is 4.26. The fraction of sp³-hybridized carbons (Fsp3) is 0.0476. The predicted molar refractivity (Wildman–Crippen MR) is 105 cm³/mol. The van der Waals surface area contributed by atoms with Crippen molar-refractivity contribution in [2.24, 2.45) is 0 Å². The maximum atomic E-state index is 12.4. The van der Waals surface area contributed by atoms with Crippen LogP contribution in [0.1, 0.15) is 15.9 Å². The molecule has 4 aromatic rings. The Morgan fingerprint density at radius 2 is 1.86 bits per heavy atom. The third-order valence-electron chi connectivity index (χ3n) is 4.26. The molecule has 1 N–H and O–H groups in total. The lowest BCUT2D eigenvalue weighted by Crippen LogP contribution is -2.12. The molecule has 4 rings (SSSR count). The van der Waals surface area contributed by atoms with Crippen LogP contribution in [0.4, 0.5) is 11.4 Å². The summed E-state index contributed by atoms with van der Waals surface area (Å²) >= 11 is 0. The molecule has 0 aliphatic heterocycles. The van der Waals surface area contributed by atoms with Crippen molar-refractivity contribution in [1.82, 2.24) is 4.98 Å². The molecule has 28 heavy (non-hydrogen) atoms. The Bertz CT molecular complexity index is 1200. The molecule has 7 heteroatoms. The molecule has 0 atom stereocenters. The summed E-state index contributed by atoms with van der Waals surface area (Å²) in [7, 11) is 0. The van der Waals surface area contributed by atoms with Crippen molar-refractivity contribution in [2.75, 3.05) is 5.32 Å². The Labute approximate surface area is 159 Å². The molecule has 0 saturated carbocycles. The quantitative estimate of drug-likeness (QED) is 0.402. The van der Waals surface area contributed by atoms with Crippen LogP contribution in [0.2, 0.25) is 0 Å². The van der Waals surface area contributed by atoms with Crippen molar-refractivity contribution in [3.8, 4) is 11.5 Å². The number of rotatable bonds is 4. The average Bonchev–Trinajstić information content (AvgIpc) is 3.12. The molecule has 7 nitrogen and oxygen atoms in total. The van der Waals surface area contributed by atoms with Crippen molar-refractivity contribution < 1.29 is 14.1 Å². The Kier molecular flexibility index (Phi) is 4.33. The first kappa shape index (κ1) is 17.4. The van der Waals surface area contributed by atoms with Gasteiger partial charge >= 0.3 is 0 Å². The molecule has 0 spiro atoms. The number of aromatic nitrogens is 1. The normalized spacial score (nSPS) is 10.8. The van der Waals surface area contributed by atoms with Crippen molar-refractivity contribution in [1.29, 1.82) is 0 Å². The van der Waals surface area contributed by atoms with Crippen LogP contribution in [0.3, 0.4) is 0 Å². The van der Waals surface area contributed by atoms with Crippen molar-refractivity contribution in [3.63, 3.8) is 0 Å². The molecular weight excluding hydrogens is 358 g/mol. The highest BCUT2D eigenvalue weighted by Crippen LogP contribution is 2.26. The number of nitrogens with zero attached hydrogens (tertiary/aromatic N) is 2. The molecule has 0 aliphatic rings. The molecule has 0 radical (unpaired) electrons. The van der Waals surface area contributed by atoms with Gasteiger partial charge in [-0.2, -0.15) is 0 Å². The van der Waals surface area contributed by atoms with Gasteiger partial charge in [0.1, 0.15) is 5.52 Å². The average molecular weight is 373 g/mol. The first-order chi connectivity index (χ1) is 13.5. The molecular formula is C21H15N3O4. The van der Waals surface area contributed by atoms with Crippen LogP contribution < -0.4 is 5.32 Å². The van der Waals surface area contributed by atoms with E-state index in [1.165, 1.54) is 24.3 Å². The number of oxazole rings is 1. The topological polar surface area (TPSA) is 98.3 Å². The molecule has 1 heterocycles. The molecule has 0 bridgehead atoms. The molecule has 3 aromatic carbocycles. The number of amides is 1. The van der Waals surface area contributed by atoms with E-state index < -0.39 is 10.8 Å². The first-order valence-electron chi connectivity index (χ1n) is 8.53. The fourth-order valence-corrected chi connectivity index (χ4v) is 2.79. The minimum atomic E-state index is -0.537. The fourth-order valence-electron chi connectivity index (χ4n) is 2.79. The number of benzene rings is 3. The van der Waals surface area contributed by atoms with Crippen LogP contribution in [0.5, 0.6) is 0 Å². The Hall–Kier alpha value is -4.00. The molecule has 0 saturated heterocycles. The molecule has 0 fully saturated rings. The zero-order chi connectivity index (χ0) is 19.7. The second-order valence-electron chi connectivity index (χ2n) is 6.33. The van der Waals surface area contributed by atoms with E-state index in [1.807, 2.05) is 31.2 Å². The van der Waals surface area contributed by atoms with Crippen LogP contribution in [0, 0.1) is 17.0 Å². The van der Waals surface area contributed by atoms with Gasteiger partial charge in [0.25, 0.3) is 11.6 Å². The number of aryl methyl sites for hydroxylation is 1. The maximum absolute atomic E-state index is 12.4. The van der Waals surface area contributed by atoms with Crippen molar-refractivity contribution in [3.05, 3.63) is 88.0 Å². The van der Waals surface area contributed by atoms with Crippen LogP contribution in [0.25, 0.3) is 22.6 Å². The smallest absolute Gasteiger partial charge is 0.270 e. The van der Waals surface area contributed by atoms with E-state index in [-0.39, 0.29) is 11.3 Å². The van der Waals surface area contributed by atoms with Gasteiger partial charge in [-0.05, 0) is 43.3 Å². The van der Waals surface area contributed by atoms with Crippen LogP contribution >= 0.6 is 0 Å². The van der Waals surface area contributed by atoms with E-state index in [9.17, 15) is 14.9 Å². The van der Waals surface area contributed by atoms with Gasteiger partial charge in [0.15, 0.2) is 5.58 Å². The van der Waals surface area contributed by atoms with Crippen molar-refractivity contribution >= 4 is 28.4 Å². The second-order valence-corrected chi connectivity index (χ2v) is 6.33. The van der Waals surface area contributed by atoms with Gasteiger partial charge in [-0.25, -0.2) is 4.98 Å². The highest BCUT2D eigenvalue weighted by Gasteiger charge is 2.13. The van der Waals surface area contributed by atoms with Gasteiger partial charge < -0.3 is 9.73 Å². The van der Waals surface area contributed by atoms with E-state index in [0.29, 0.717) is 22.7 Å². The monoisotopic (exact) mass is 373 g/mol. The van der Waals surface area contributed by atoms with Crippen molar-refractivity contribution in [2.45, 2.75) is 6.92 Å². The third kappa shape index (κ3) is 3.45. The molecule has 138 valence electrons. The summed E-state index contributed by atoms with van der Waals surface area (Å²) < 4.78 is 5.78. The van der Waals surface area contributed by atoms with Gasteiger partial charge in [0.05, 0.1) is 4.92 Å². The van der Waals surface area contributed by atoms with E-state index in [4.69, 9.17) is 4.42 Å². The minimum Gasteiger partial charge on any atom is -0.436 e. The summed E-state index contributed by atoms with van der Waals surface area (Å²) in [6, 6.07) is 18.5. The lowest BCUT2D eigenvalue weighted by Gasteiger charge is -2.04. The molecule has 0 aliphatic carbocycles. The Morgan fingerprint density at radius 1 is 1.07 bits per heavy atom. The Morgan fingerprint density at radius 3 is 2.61 bits per heavy atom. The lowest BCUT2D eigenvalue weighted by atomic mass is 10.1. The molecule has 1 amide bonds. The summed E-state index contributed by atoms with van der Waals surface area (Å²) in [6.07, 6.45) is 0. The van der Waals surface area contributed by atoms with E-state index in [1.54, 1.807) is 18.2 Å². The van der Waals surface area contributed by atoms with Gasteiger partial charge in [0, 0.05) is 28.9 Å². The number of hydrogen-bond donors (Lipinski definition) is 1. The Balaban J connectivity index is 1.59. The second kappa shape index (κ2) is 6.96. The number of nitrogens with one attached hydrogen (secondary N) is 1. The van der Waals surface area contributed by atoms with Crippen LogP contribution in [-0.2, 0) is 0 Å². The largest absolute Gasteiger partial charge is 0.436 e. The number of anilines is 1. The van der Waals surface area contributed by atoms with Gasteiger partial charge in [-0.3, -0.25) is 14.9 Å². The van der Waals surface area contributed by atoms with Gasteiger partial charge in [-0.15, -0.1) is 0 Å². The summed E-state index contributed by atoms with van der Waals surface area (Å²) in [6.45, 7) is 2.01. The zero-order valence-corrected chi connectivity index (χ0v) is 14.9. The number of nitro groups is 1. The van der Waals surface area contributed by atoms with Gasteiger partial charge in [-0.1, -0.05) is 23.8 Å². The number of non-ortho nitro benzene ring substituents is 1. The summed E-state index contributed by atoms with van der Waals surface area (Å²) in [5, 5.41) is 13.6. The number of fused-ring (bicyclic) bond motifs is 1. The van der Waals surface area contributed by atoms with Gasteiger partial charge in [0.2, 0.25) is 5.89 Å². The lowest BCUT2D eigenvalue weighted by molar-refractivity contribution is -0.384. The summed E-state index contributed by atoms with van der Waals surface area (Å²) in [4.78, 5) is 27.2. The molecule has 0 unspecified atom stereocenters. The zero-order valence-electron chi connectivity index (χ0n) is 14.9. The predicted octanol–water partition coefficient (Wildman–Crippen LogP) is 4.96. The van der Waals surface area contributed by atoms with E-state index >= 15 is 0 Å². The first-order valence-corrected chi connectivity index (χ1v) is 8.53. The van der Waals surface area contributed by atoms with Crippen LogP contribution in [0.15, 0.2) is 71.1 Å². The van der Waals surface area contributed by atoms with Crippen LogP contribution in [-0.4, -0.2) is 15.8 Å². The van der Waals surface area contributed by atoms with E-state index in [2.05, 4.69) is 10.3 Å². The summed E-state index contributed by atoms with van der Waals surface area (Å²) in [5.74, 6) is 0.0578. The number of carbonyl (C=O) groups is 1. The SMILES string of the molecule is Cc1ccc(-c2nc3cc(NC(=O)c4cccc([N+](=O)[O-])c4)ccc3o2)cc1. The number of carbonyl (C=O) groups excluding carboxylic acids is 1. The molecule has 1 aromatic heterocycles. The number of hydrogen-bond acceptors (Lipinski definition) is 5. The minimum absolute atomic E-state index is 0.137.